The number of aliphatic hydroxyl groups is 1. The van der Waals surface area contributed by atoms with Crippen molar-refractivity contribution >= 4 is 19.9 Å². The molecule has 0 unspecified atom stereocenters. The molecule has 1 aliphatic rings. The van der Waals surface area contributed by atoms with Crippen molar-refractivity contribution in [3.8, 4) is 0 Å². The Balaban J connectivity index is 2.66. The summed E-state index contributed by atoms with van der Waals surface area (Å²) in [6.45, 7) is 0.645. The molecule has 0 amide bonds. The second-order valence-corrected chi connectivity index (χ2v) is 8.66. The highest BCUT2D eigenvalue weighted by molar-refractivity contribution is 8.06. The number of sulfonamides is 1. The van der Waals surface area contributed by atoms with E-state index in [2.05, 4.69) is 0 Å². The van der Waals surface area contributed by atoms with Crippen LogP contribution in [-0.2, 0) is 19.9 Å². The fraction of sp³-hybridized carbons (Fsp3) is 1.00. The van der Waals surface area contributed by atoms with Gasteiger partial charge in [0.15, 0.2) is 14.9 Å². The number of nitrogens with zero attached hydrogens (tertiary/aromatic N) is 1. The molecule has 0 aromatic rings. The Bertz CT molecular complexity index is 419. The Kier molecular flexibility index (Phi) is 4.33. The summed E-state index contributed by atoms with van der Waals surface area (Å²) in [5.74, 6) is 0.129. The lowest BCUT2D eigenvalue weighted by Gasteiger charge is -2.29. The zero-order chi connectivity index (χ0) is 12.4. The summed E-state index contributed by atoms with van der Waals surface area (Å²) in [5.41, 5.74) is 0. The highest BCUT2D eigenvalue weighted by atomic mass is 32.3. The molecule has 0 aromatic heterocycles. The van der Waals surface area contributed by atoms with Gasteiger partial charge in [0.2, 0.25) is 10.0 Å². The van der Waals surface area contributed by atoms with Gasteiger partial charge in [-0.2, -0.15) is 0 Å². The third kappa shape index (κ3) is 4.00. The van der Waals surface area contributed by atoms with Crippen LogP contribution in [0, 0.1) is 5.92 Å². The van der Waals surface area contributed by atoms with Crippen LogP contribution in [0.1, 0.15) is 12.8 Å². The number of sulfone groups is 1. The third-order valence-electron chi connectivity index (χ3n) is 2.59. The van der Waals surface area contributed by atoms with Crippen LogP contribution in [0.25, 0.3) is 0 Å². The first-order valence-electron chi connectivity index (χ1n) is 5.01. The molecule has 0 radical (unpaired) electrons. The maximum atomic E-state index is 11.7. The second-order valence-electron chi connectivity index (χ2n) is 4.18. The van der Waals surface area contributed by atoms with E-state index in [-0.39, 0.29) is 12.5 Å². The predicted octanol–water partition coefficient (Wildman–Crippen LogP) is -0.977. The van der Waals surface area contributed by atoms with E-state index in [0.717, 1.165) is 6.26 Å². The lowest BCUT2D eigenvalue weighted by Crippen LogP contribution is -2.41. The molecule has 0 spiro atoms. The van der Waals surface area contributed by atoms with E-state index >= 15 is 0 Å². The molecular weight excluding hydrogens is 254 g/mol. The van der Waals surface area contributed by atoms with Crippen molar-refractivity contribution in [3.63, 3.8) is 0 Å². The van der Waals surface area contributed by atoms with E-state index in [1.165, 1.54) is 4.31 Å². The van der Waals surface area contributed by atoms with Gasteiger partial charge in [0.1, 0.15) is 0 Å². The van der Waals surface area contributed by atoms with E-state index in [4.69, 9.17) is 5.11 Å². The summed E-state index contributed by atoms with van der Waals surface area (Å²) in [5, 5.41) is 8.07. The Labute approximate surface area is 96.2 Å². The first-order chi connectivity index (χ1) is 7.24. The highest BCUT2D eigenvalue weighted by Gasteiger charge is 2.30. The van der Waals surface area contributed by atoms with Crippen molar-refractivity contribution in [2.45, 2.75) is 12.8 Å². The second kappa shape index (κ2) is 4.99. The molecule has 1 fully saturated rings. The van der Waals surface area contributed by atoms with Crippen LogP contribution in [-0.4, -0.2) is 57.3 Å². The van der Waals surface area contributed by atoms with Crippen molar-refractivity contribution in [1.29, 1.82) is 0 Å². The quantitative estimate of drug-likeness (QED) is 0.710. The van der Waals surface area contributed by atoms with Gasteiger partial charge in [-0.1, -0.05) is 0 Å². The van der Waals surface area contributed by atoms with Gasteiger partial charge in [-0.25, -0.2) is 21.1 Å². The molecule has 1 heterocycles. The molecule has 1 saturated heterocycles. The Hall–Kier alpha value is -0.180. The molecule has 96 valence electrons. The highest BCUT2D eigenvalue weighted by Crippen LogP contribution is 2.19. The van der Waals surface area contributed by atoms with Gasteiger partial charge in [-0.05, 0) is 18.8 Å². The fourth-order valence-electron chi connectivity index (χ4n) is 1.72. The molecule has 1 N–H and O–H groups in total. The summed E-state index contributed by atoms with van der Waals surface area (Å²) in [6, 6.07) is 0. The van der Waals surface area contributed by atoms with Crippen molar-refractivity contribution in [1.82, 2.24) is 4.31 Å². The molecule has 0 aromatic carbocycles. The SMILES string of the molecule is CS(=O)(=O)CS(=O)(=O)N1CCC(CO)CC1. The molecule has 6 nitrogen and oxygen atoms in total. The topological polar surface area (TPSA) is 91.8 Å². The molecule has 0 saturated carbocycles. The Morgan fingerprint density at radius 1 is 1.19 bits per heavy atom. The van der Waals surface area contributed by atoms with Gasteiger partial charge in [0, 0.05) is 26.0 Å². The molecule has 1 aliphatic heterocycles. The molecule has 0 atom stereocenters. The molecule has 8 heteroatoms. The average Bonchev–Trinajstić information content (AvgIpc) is 2.14. The summed E-state index contributed by atoms with van der Waals surface area (Å²) in [7, 11) is -7.24. The molecule has 16 heavy (non-hydrogen) atoms. The number of hydrogen-bond acceptors (Lipinski definition) is 5. The molecule has 0 bridgehead atoms. The van der Waals surface area contributed by atoms with E-state index in [0.29, 0.717) is 25.9 Å². The van der Waals surface area contributed by atoms with Crippen molar-refractivity contribution in [2.75, 3.05) is 31.0 Å². The Morgan fingerprint density at radius 3 is 2.06 bits per heavy atom. The largest absolute Gasteiger partial charge is 0.396 e. The van der Waals surface area contributed by atoms with Crippen LogP contribution in [0.3, 0.4) is 0 Å². The maximum Gasteiger partial charge on any atom is 0.228 e. The number of rotatable bonds is 4. The lowest BCUT2D eigenvalue weighted by molar-refractivity contribution is 0.170. The van der Waals surface area contributed by atoms with Gasteiger partial charge >= 0.3 is 0 Å². The van der Waals surface area contributed by atoms with E-state index in [1.54, 1.807) is 0 Å². The fourth-order valence-corrected chi connectivity index (χ4v) is 5.24. The van der Waals surface area contributed by atoms with Gasteiger partial charge < -0.3 is 5.11 Å². The van der Waals surface area contributed by atoms with Crippen LogP contribution in [0.5, 0.6) is 0 Å². The van der Waals surface area contributed by atoms with Gasteiger partial charge in [0.05, 0.1) is 0 Å². The van der Waals surface area contributed by atoms with Gasteiger partial charge in [-0.15, -0.1) is 0 Å². The van der Waals surface area contributed by atoms with Crippen LogP contribution in [0.15, 0.2) is 0 Å². The van der Waals surface area contributed by atoms with Crippen molar-refractivity contribution in [3.05, 3.63) is 0 Å². The van der Waals surface area contributed by atoms with E-state index in [9.17, 15) is 16.8 Å². The number of piperidine rings is 1. The van der Waals surface area contributed by atoms with Crippen LogP contribution in [0.2, 0.25) is 0 Å². The third-order valence-corrected chi connectivity index (χ3v) is 6.64. The number of hydrogen-bond donors (Lipinski definition) is 1. The minimum Gasteiger partial charge on any atom is -0.396 e. The van der Waals surface area contributed by atoms with E-state index < -0.39 is 24.9 Å². The lowest BCUT2D eigenvalue weighted by atomic mass is 10.00. The summed E-state index contributed by atoms with van der Waals surface area (Å²) in [6.07, 6.45) is 2.07. The standard InChI is InChI=1S/C8H17NO5S2/c1-15(11,12)7-16(13,14)9-4-2-8(6-10)3-5-9/h8,10H,2-7H2,1H3. The zero-order valence-electron chi connectivity index (χ0n) is 9.16. The monoisotopic (exact) mass is 271 g/mol. The predicted molar refractivity (Wildman–Crippen MR) is 60.0 cm³/mol. The van der Waals surface area contributed by atoms with Gasteiger partial charge in [-0.3, -0.25) is 0 Å². The van der Waals surface area contributed by atoms with Crippen molar-refractivity contribution in [2.24, 2.45) is 5.92 Å². The minimum atomic E-state index is -3.71. The maximum absolute atomic E-state index is 11.7. The normalized spacial score (nSPS) is 21.1. The average molecular weight is 271 g/mol. The van der Waals surface area contributed by atoms with Gasteiger partial charge in [0.25, 0.3) is 0 Å². The molecule has 0 aliphatic carbocycles. The molecular formula is C8H17NO5S2. The van der Waals surface area contributed by atoms with Crippen LogP contribution >= 0.6 is 0 Å². The summed E-state index contributed by atoms with van der Waals surface area (Å²) < 4.78 is 46.5. The first-order valence-corrected chi connectivity index (χ1v) is 8.68. The number of aliphatic hydroxyl groups excluding tert-OH is 1. The smallest absolute Gasteiger partial charge is 0.228 e. The Morgan fingerprint density at radius 2 is 1.69 bits per heavy atom. The van der Waals surface area contributed by atoms with Crippen molar-refractivity contribution < 1.29 is 21.9 Å². The first kappa shape index (κ1) is 13.9. The van der Waals surface area contributed by atoms with Crippen LogP contribution in [0.4, 0.5) is 0 Å². The zero-order valence-corrected chi connectivity index (χ0v) is 10.8. The van der Waals surface area contributed by atoms with Crippen LogP contribution < -0.4 is 0 Å². The summed E-state index contributed by atoms with van der Waals surface area (Å²) in [4.78, 5) is 0. The minimum absolute atomic E-state index is 0.0555. The van der Waals surface area contributed by atoms with E-state index in [1.807, 2.05) is 0 Å². The molecule has 1 rings (SSSR count). The summed E-state index contributed by atoms with van der Waals surface area (Å²) >= 11 is 0.